The number of amides is 1. The lowest BCUT2D eigenvalue weighted by atomic mass is 10.0. The second kappa shape index (κ2) is 10.1. The van der Waals surface area contributed by atoms with Gasteiger partial charge in [0.05, 0.1) is 31.1 Å². The zero-order valence-corrected chi connectivity index (χ0v) is 20.2. The van der Waals surface area contributed by atoms with Crippen LogP contribution in [-0.2, 0) is 17.9 Å². The molecule has 4 aromatic rings. The van der Waals surface area contributed by atoms with Crippen LogP contribution in [0.4, 0.5) is 0 Å². The predicted octanol–water partition coefficient (Wildman–Crippen LogP) is 6.41. The van der Waals surface area contributed by atoms with Gasteiger partial charge in [-0.15, -0.1) is 11.8 Å². The number of benzene rings is 2. The molecule has 2 heterocycles. The number of carbonyl (C=O) groups excluding carboxylic acids is 1. The smallest absolute Gasteiger partial charge is 0.225 e. The number of furan rings is 1. The van der Waals surface area contributed by atoms with Crippen molar-refractivity contribution in [1.29, 1.82) is 0 Å². The largest absolute Gasteiger partial charge is 0.497 e. The Labute approximate surface area is 198 Å². The molecular weight excluding hydrogens is 432 g/mol. The van der Waals surface area contributed by atoms with Gasteiger partial charge in [0, 0.05) is 28.3 Å². The number of carbonyl (C=O) groups is 1. The number of fused-ring (bicyclic) bond motifs is 1. The number of methoxy groups -OCH3 is 1. The maximum Gasteiger partial charge on any atom is 0.225 e. The molecule has 1 amide bonds. The number of nitrogens with zero attached hydrogens (tertiary/aromatic N) is 2. The van der Waals surface area contributed by atoms with Gasteiger partial charge in [0.2, 0.25) is 5.91 Å². The van der Waals surface area contributed by atoms with Gasteiger partial charge in [0.25, 0.3) is 0 Å². The van der Waals surface area contributed by atoms with Crippen LogP contribution in [0.1, 0.15) is 25.2 Å². The van der Waals surface area contributed by atoms with E-state index >= 15 is 0 Å². The van der Waals surface area contributed by atoms with Crippen molar-refractivity contribution in [1.82, 2.24) is 9.88 Å². The van der Waals surface area contributed by atoms with Crippen LogP contribution < -0.4 is 4.74 Å². The van der Waals surface area contributed by atoms with Crippen molar-refractivity contribution in [3.63, 3.8) is 0 Å². The molecule has 33 heavy (non-hydrogen) atoms. The van der Waals surface area contributed by atoms with E-state index in [1.165, 1.54) is 0 Å². The predicted molar refractivity (Wildman–Crippen MR) is 133 cm³/mol. The minimum absolute atomic E-state index is 0.0702. The third kappa shape index (κ3) is 5.22. The third-order valence-electron chi connectivity index (χ3n) is 5.54. The highest BCUT2D eigenvalue weighted by atomic mass is 32.2. The van der Waals surface area contributed by atoms with Crippen molar-refractivity contribution in [2.45, 2.75) is 31.8 Å². The minimum Gasteiger partial charge on any atom is -0.497 e. The van der Waals surface area contributed by atoms with Gasteiger partial charge in [-0.1, -0.05) is 32.0 Å². The summed E-state index contributed by atoms with van der Waals surface area (Å²) in [4.78, 5) is 21.2. The number of thioether (sulfide) groups is 1. The summed E-state index contributed by atoms with van der Waals surface area (Å²) < 4.78 is 11.0. The molecular formula is C27H28N2O3S. The van der Waals surface area contributed by atoms with E-state index in [2.05, 4.69) is 30.5 Å². The molecule has 0 aliphatic heterocycles. The molecule has 0 fully saturated rings. The highest BCUT2D eigenvalue weighted by Crippen LogP contribution is 2.31. The Morgan fingerprint density at radius 2 is 1.94 bits per heavy atom. The van der Waals surface area contributed by atoms with Crippen LogP contribution >= 0.6 is 11.8 Å². The lowest BCUT2D eigenvalue weighted by molar-refractivity contribution is -0.136. The Hall–Kier alpha value is -3.25. The molecule has 4 rings (SSSR count). The molecule has 0 aliphatic rings. The molecule has 2 aromatic carbocycles. The monoisotopic (exact) mass is 460 g/mol. The van der Waals surface area contributed by atoms with E-state index in [0.717, 1.165) is 44.1 Å². The summed E-state index contributed by atoms with van der Waals surface area (Å²) in [6, 6.07) is 20.1. The van der Waals surface area contributed by atoms with Crippen molar-refractivity contribution in [2.75, 3.05) is 13.4 Å². The molecule has 0 unspecified atom stereocenters. The Morgan fingerprint density at radius 1 is 1.09 bits per heavy atom. The van der Waals surface area contributed by atoms with Gasteiger partial charge in [0.15, 0.2) is 0 Å². The van der Waals surface area contributed by atoms with Gasteiger partial charge in [0.1, 0.15) is 11.5 Å². The van der Waals surface area contributed by atoms with E-state index < -0.39 is 0 Å². The van der Waals surface area contributed by atoms with Crippen LogP contribution in [0.25, 0.3) is 22.2 Å². The van der Waals surface area contributed by atoms with E-state index in [-0.39, 0.29) is 11.8 Å². The first-order valence-electron chi connectivity index (χ1n) is 10.9. The fourth-order valence-corrected chi connectivity index (χ4v) is 4.27. The Balaban J connectivity index is 1.83. The van der Waals surface area contributed by atoms with Crippen LogP contribution in [0, 0.1) is 5.92 Å². The molecule has 2 aromatic heterocycles. The van der Waals surface area contributed by atoms with Gasteiger partial charge in [-0.3, -0.25) is 4.79 Å². The zero-order chi connectivity index (χ0) is 23.4. The molecule has 0 atom stereocenters. The second-order valence-electron chi connectivity index (χ2n) is 8.22. The molecule has 6 heteroatoms. The number of pyridine rings is 1. The molecule has 170 valence electrons. The van der Waals surface area contributed by atoms with E-state index in [1.54, 1.807) is 25.1 Å². The fourth-order valence-electron chi connectivity index (χ4n) is 3.83. The van der Waals surface area contributed by atoms with Gasteiger partial charge < -0.3 is 14.1 Å². The van der Waals surface area contributed by atoms with Crippen LogP contribution in [-0.4, -0.2) is 29.2 Å². The van der Waals surface area contributed by atoms with E-state index in [1.807, 2.05) is 55.1 Å². The average molecular weight is 461 g/mol. The van der Waals surface area contributed by atoms with Crippen LogP contribution in [0.2, 0.25) is 0 Å². The summed E-state index contributed by atoms with van der Waals surface area (Å²) in [6.07, 6.45) is 3.69. The Morgan fingerprint density at radius 3 is 2.64 bits per heavy atom. The summed E-state index contributed by atoms with van der Waals surface area (Å²) in [5.74, 6) is 1.47. The molecule has 0 spiro atoms. The maximum absolute atomic E-state index is 13.1. The molecule has 0 saturated carbocycles. The van der Waals surface area contributed by atoms with Gasteiger partial charge in [-0.25, -0.2) is 4.98 Å². The molecule has 0 radical (unpaired) electrons. The minimum atomic E-state index is -0.127. The van der Waals surface area contributed by atoms with E-state index in [0.29, 0.717) is 13.1 Å². The highest BCUT2D eigenvalue weighted by molar-refractivity contribution is 7.98. The Kier molecular flexibility index (Phi) is 7.04. The SMILES string of the molecule is COc1cccc(-c2nc3cc(SC)ccc3cc2CN(Cc2ccco2)C(=O)C(C)C)c1. The second-order valence-corrected chi connectivity index (χ2v) is 9.09. The van der Waals surface area contributed by atoms with Crippen LogP contribution in [0.15, 0.2) is 76.2 Å². The van der Waals surface area contributed by atoms with Crippen molar-refractivity contribution in [3.05, 3.63) is 78.3 Å². The fraction of sp³-hybridized carbons (Fsp3) is 0.259. The lowest BCUT2D eigenvalue weighted by Crippen LogP contribution is -2.33. The van der Waals surface area contributed by atoms with Crippen LogP contribution in [0.5, 0.6) is 5.75 Å². The number of rotatable bonds is 8. The number of ether oxygens (including phenoxy) is 1. The van der Waals surface area contributed by atoms with E-state index in [9.17, 15) is 4.79 Å². The summed E-state index contributed by atoms with van der Waals surface area (Å²) in [7, 11) is 1.66. The molecule has 0 bridgehead atoms. The van der Waals surface area contributed by atoms with Gasteiger partial charge >= 0.3 is 0 Å². The van der Waals surface area contributed by atoms with Crippen LogP contribution in [0.3, 0.4) is 0 Å². The van der Waals surface area contributed by atoms with Crippen molar-refractivity contribution in [2.24, 2.45) is 5.92 Å². The standard InChI is InChI=1S/C27H28N2O3S/c1-18(2)27(30)29(17-23-9-6-12-32-23)16-21-13-19-10-11-24(33-4)15-25(19)28-26(21)20-7-5-8-22(14-20)31-3/h5-15,18H,16-17H2,1-4H3. The topological polar surface area (TPSA) is 55.6 Å². The van der Waals surface area contributed by atoms with Gasteiger partial charge in [-0.05, 0) is 54.3 Å². The average Bonchev–Trinajstić information content (AvgIpc) is 3.35. The maximum atomic E-state index is 13.1. The molecule has 0 aliphatic carbocycles. The molecule has 0 N–H and O–H groups in total. The lowest BCUT2D eigenvalue weighted by Gasteiger charge is -2.25. The molecule has 0 saturated heterocycles. The summed E-state index contributed by atoms with van der Waals surface area (Å²) in [6.45, 7) is 4.68. The normalized spacial score (nSPS) is 11.2. The highest BCUT2D eigenvalue weighted by Gasteiger charge is 2.21. The summed E-state index contributed by atoms with van der Waals surface area (Å²) in [5, 5.41) is 1.05. The molecule has 5 nitrogen and oxygen atoms in total. The van der Waals surface area contributed by atoms with E-state index in [4.69, 9.17) is 14.1 Å². The van der Waals surface area contributed by atoms with Crippen molar-refractivity contribution in [3.8, 4) is 17.0 Å². The summed E-state index contributed by atoms with van der Waals surface area (Å²) in [5.41, 5.74) is 3.71. The number of hydrogen-bond acceptors (Lipinski definition) is 5. The van der Waals surface area contributed by atoms with Crippen molar-refractivity contribution >= 4 is 28.6 Å². The zero-order valence-electron chi connectivity index (χ0n) is 19.4. The number of hydrogen-bond donors (Lipinski definition) is 0. The third-order valence-corrected chi connectivity index (χ3v) is 6.27. The van der Waals surface area contributed by atoms with Gasteiger partial charge in [-0.2, -0.15) is 0 Å². The number of aromatic nitrogens is 1. The Bertz CT molecular complexity index is 1250. The van der Waals surface area contributed by atoms with Crippen molar-refractivity contribution < 1.29 is 13.9 Å². The first-order valence-corrected chi connectivity index (χ1v) is 12.1. The summed E-state index contributed by atoms with van der Waals surface area (Å²) >= 11 is 1.69. The quantitative estimate of drug-likeness (QED) is 0.284. The first-order chi connectivity index (χ1) is 16.0. The first kappa shape index (κ1) is 22.9.